The molecule has 0 fully saturated rings. The number of hydrogen-bond donors (Lipinski definition) is 1. The van der Waals surface area contributed by atoms with E-state index in [0.29, 0.717) is 0 Å². The maximum atomic E-state index is 13.6. The second-order valence-electron chi connectivity index (χ2n) is 3.94. The first-order valence-corrected chi connectivity index (χ1v) is 6.98. The summed E-state index contributed by atoms with van der Waals surface area (Å²) in [5.41, 5.74) is 6.90. The summed E-state index contributed by atoms with van der Waals surface area (Å²) in [4.78, 5) is 2.17. The summed E-state index contributed by atoms with van der Waals surface area (Å²) < 4.78 is 19.5. The van der Waals surface area contributed by atoms with Crippen molar-refractivity contribution >= 4 is 27.3 Å². The molecule has 2 nitrogen and oxygen atoms in total. The Morgan fingerprint density at radius 3 is 2.61 bits per heavy atom. The Hall–Kier alpha value is -0.910. The van der Waals surface area contributed by atoms with Crippen molar-refractivity contribution in [3.63, 3.8) is 0 Å². The van der Waals surface area contributed by atoms with E-state index in [9.17, 15) is 4.39 Å². The first-order valence-electron chi connectivity index (χ1n) is 5.37. The molecule has 0 radical (unpaired) electrons. The van der Waals surface area contributed by atoms with Gasteiger partial charge in [-0.25, -0.2) is 4.39 Å². The third-order valence-corrected chi connectivity index (χ3v) is 4.71. The molecule has 0 aliphatic rings. The van der Waals surface area contributed by atoms with Gasteiger partial charge in [-0.1, -0.05) is 6.07 Å². The van der Waals surface area contributed by atoms with E-state index in [2.05, 4.69) is 15.9 Å². The second kappa shape index (κ2) is 5.38. The molecule has 1 heterocycles. The minimum atomic E-state index is -0.394. The van der Waals surface area contributed by atoms with Crippen LogP contribution < -0.4 is 10.5 Å². The number of thiophene rings is 1. The van der Waals surface area contributed by atoms with Crippen molar-refractivity contribution in [3.05, 3.63) is 49.9 Å². The molecule has 1 atom stereocenters. The number of halogens is 2. The fraction of sp³-hybridized carbons (Fsp3) is 0.231. The zero-order chi connectivity index (χ0) is 13.3. The largest absolute Gasteiger partial charge is 0.494 e. The van der Waals surface area contributed by atoms with Crippen LogP contribution in [0.5, 0.6) is 5.75 Å². The Morgan fingerprint density at radius 1 is 1.39 bits per heavy atom. The van der Waals surface area contributed by atoms with Crippen molar-refractivity contribution in [2.75, 3.05) is 7.11 Å². The van der Waals surface area contributed by atoms with Crippen LogP contribution in [-0.2, 0) is 0 Å². The molecule has 2 rings (SSSR count). The number of aryl methyl sites for hydroxylation is 1. The Labute approximate surface area is 118 Å². The van der Waals surface area contributed by atoms with Gasteiger partial charge in [-0.15, -0.1) is 11.3 Å². The van der Waals surface area contributed by atoms with Gasteiger partial charge in [0.1, 0.15) is 0 Å². The average Bonchev–Trinajstić information content (AvgIpc) is 2.67. The number of benzene rings is 1. The molecule has 0 saturated heterocycles. The zero-order valence-corrected chi connectivity index (χ0v) is 12.4. The number of hydrogen-bond acceptors (Lipinski definition) is 3. The lowest BCUT2D eigenvalue weighted by Crippen LogP contribution is -2.11. The van der Waals surface area contributed by atoms with E-state index < -0.39 is 5.82 Å². The molecule has 2 N–H and O–H groups in total. The van der Waals surface area contributed by atoms with E-state index >= 15 is 0 Å². The van der Waals surface area contributed by atoms with E-state index in [-0.39, 0.29) is 11.8 Å². The smallest absolute Gasteiger partial charge is 0.165 e. The zero-order valence-electron chi connectivity index (χ0n) is 10.0. The quantitative estimate of drug-likeness (QED) is 0.923. The van der Waals surface area contributed by atoms with E-state index in [1.165, 1.54) is 18.1 Å². The van der Waals surface area contributed by atoms with E-state index in [1.54, 1.807) is 23.5 Å². The standard InChI is InChI=1S/C13H13BrFNOS/c1-7-5-9(14)13(18-7)12(16)8-3-4-11(17-2)10(15)6-8/h3-6,12H,16H2,1-2H3. The summed E-state index contributed by atoms with van der Waals surface area (Å²) in [6.45, 7) is 2.01. The van der Waals surface area contributed by atoms with Gasteiger partial charge in [-0.3, -0.25) is 0 Å². The summed E-state index contributed by atoms with van der Waals surface area (Å²) >= 11 is 5.08. The molecule has 0 bridgehead atoms. The summed E-state index contributed by atoms with van der Waals surface area (Å²) in [7, 11) is 1.44. The lowest BCUT2D eigenvalue weighted by Gasteiger charge is -2.12. The Morgan fingerprint density at radius 2 is 2.11 bits per heavy atom. The van der Waals surface area contributed by atoms with Gasteiger partial charge < -0.3 is 10.5 Å². The Kier molecular flexibility index (Phi) is 4.04. The number of ether oxygens (including phenoxy) is 1. The second-order valence-corrected chi connectivity index (χ2v) is 6.08. The summed E-state index contributed by atoms with van der Waals surface area (Å²) in [6, 6.07) is 6.48. The monoisotopic (exact) mass is 329 g/mol. The van der Waals surface area contributed by atoms with Crippen LogP contribution in [0.3, 0.4) is 0 Å². The maximum Gasteiger partial charge on any atom is 0.165 e. The van der Waals surface area contributed by atoms with Crippen molar-refractivity contribution in [2.45, 2.75) is 13.0 Å². The predicted molar refractivity (Wildman–Crippen MR) is 75.7 cm³/mol. The highest BCUT2D eigenvalue weighted by atomic mass is 79.9. The highest BCUT2D eigenvalue weighted by Crippen LogP contribution is 2.35. The van der Waals surface area contributed by atoms with Crippen LogP contribution in [0.1, 0.15) is 21.4 Å². The average molecular weight is 330 g/mol. The third kappa shape index (κ3) is 2.58. The van der Waals surface area contributed by atoms with E-state index in [1.807, 2.05) is 13.0 Å². The van der Waals surface area contributed by atoms with Crippen molar-refractivity contribution in [3.8, 4) is 5.75 Å². The number of rotatable bonds is 3. The normalized spacial score (nSPS) is 12.5. The van der Waals surface area contributed by atoms with Gasteiger partial charge in [0, 0.05) is 14.2 Å². The summed E-state index contributed by atoms with van der Waals surface area (Å²) in [5, 5.41) is 0. The van der Waals surface area contributed by atoms with Crippen molar-refractivity contribution in [2.24, 2.45) is 5.73 Å². The molecule has 96 valence electrons. The lowest BCUT2D eigenvalue weighted by atomic mass is 10.1. The Bertz CT molecular complexity index is 570. The van der Waals surface area contributed by atoms with Gasteiger partial charge in [-0.05, 0) is 46.6 Å². The van der Waals surface area contributed by atoms with Gasteiger partial charge in [0.05, 0.1) is 13.2 Å². The Balaban J connectivity index is 2.37. The van der Waals surface area contributed by atoms with E-state index in [0.717, 1.165) is 14.9 Å². The van der Waals surface area contributed by atoms with Crippen molar-refractivity contribution in [1.29, 1.82) is 0 Å². The van der Waals surface area contributed by atoms with Gasteiger partial charge in [-0.2, -0.15) is 0 Å². The number of nitrogens with two attached hydrogens (primary N) is 1. The molecule has 0 aliphatic heterocycles. The van der Waals surface area contributed by atoms with Gasteiger partial charge in [0.25, 0.3) is 0 Å². The highest BCUT2D eigenvalue weighted by Gasteiger charge is 2.16. The molecule has 1 aromatic heterocycles. The first kappa shape index (κ1) is 13.5. The van der Waals surface area contributed by atoms with Crippen LogP contribution in [0.4, 0.5) is 4.39 Å². The van der Waals surface area contributed by atoms with Crippen LogP contribution in [0, 0.1) is 12.7 Å². The van der Waals surface area contributed by atoms with Crippen LogP contribution in [0.15, 0.2) is 28.7 Å². The van der Waals surface area contributed by atoms with Crippen LogP contribution in [-0.4, -0.2) is 7.11 Å². The lowest BCUT2D eigenvalue weighted by molar-refractivity contribution is 0.386. The van der Waals surface area contributed by atoms with Crippen molar-refractivity contribution in [1.82, 2.24) is 0 Å². The molecular weight excluding hydrogens is 317 g/mol. The van der Waals surface area contributed by atoms with E-state index in [4.69, 9.17) is 10.5 Å². The van der Waals surface area contributed by atoms with Crippen molar-refractivity contribution < 1.29 is 9.13 Å². The molecule has 0 saturated carbocycles. The minimum absolute atomic E-state index is 0.229. The fourth-order valence-corrected chi connectivity index (χ4v) is 3.67. The minimum Gasteiger partial charge on any atom is -0.494 e. The molecule has 1 unspecified atom stereocenters. The summed E-state index contributed by atoms with van der Waals surface area (Å²) in [5.74, 6) is -0.165. The fourth-order valence-electron chi connectivity index (χ4n) is 1.74. The molecule has 0 amide bonds. The molecule has 18 heavy (non-hydrogen) atoms. The maximum absolute atomic E-state index is 13.6. The molecular formula is C13H13BrFNOS. The van der Waals surface area contributed by atoms with Crippen LogP contribution >= 0.6 is 27.3 Å². The van der Waals surface area contributed by atoms with Gasteiger partial charge in [0.15, 0.2) is 11.6 Å². The van der Waals surface area contributed by atoms with Crippen LogP contribution in [0.2, 0.25) is 0 Å². The van der Waals surface area contributed by atoms with Gasteiger partial charge in [0.2, 0.25) is 0 Å². The molecule has 0 spiro atoms. The molecule has 2 aromatic rings. The number of methoxy groups -OCH3 is 1. The highest BCUT2D eigenvalue weighted by molar-refractivity contribution is 9.10. The van der Waals surface area contributed by atoms with Gasteiger partial charge >= 0.3 is 0 Å². The van der Waals surface area contributed by atoms with Crippen LogP contribution in [0.25, 0.3) is 0 Å². The summed E-state index contributed by atoms with van der Waals surface area (Å²) in [6.07, 6.45) is 0. The molecule has 1 aromatic carbocycles. The predicted octanol–water partition coefficient (Wildman–Crippen LogP) is 4.01. The SMILES string of the molecule is COc1ccc(C(N)c2sc(C)cc2Br)cc1F. The molecule has 0 aliphatic carbocycles. The third-order valence-electron chi connectivity index (χ3n) is 2.65. The topological polar surface area (TPSA) is 35.2 Å². The first-order chi connectivity index (χ1) is 8.52. The molecule has 5 heteroatoms.